The number of halogens is 2. The molecule has 124 valence electrons. The molecule has 2 rings (SSSR count). The summed E-state index contributed by atoms with van der Waals surface area (Å²) < 4.78 is 5.60. The van der Waals surface area contributed by atoms with Crippen molar-refractivity contribution in [2.45, 2.75) is 25.8 Å². The summed E-state index contributed by atoms with van der Waals surface area (Å²) in [6.07, 6.45) is 1.08. The van der Waals surface area contributed by atoms with Crippen LogP contribution >= 0.6 is 34.5 Å². The molecule has 1 aromatic carbocycles. The van der Waals surface area contributed by atoms with Gasteiger partial charge in [-0.1, -0.05) is 29.3 Å². The van der Waals surface area contributed by atoms with Crippen LogP contribution in [0.2, 0.25) is 10.0 Å². The highest BCUT2D eigenvalue weighted by Gasteiger charge is 2.17. The summed E-state index contributed by atoms with van der Waals surface area (Å²) >= 11 is 13.5. The molecule has 1 heterocycles. The summed E-state index contributed by atoms with van der Waals surface area (Å²) in [5.41, 5.74) is 0. The largest absolute Gasteiger partial charge is 0.492 e. The van der Waals surface area contributed by atoms with Gasteiger partial charge in [0, 0.05) is 23.4 Å². The summed E-state index contributed by atoms with van der Waals surface area (Å²) in [7, 11) is 1.84. The van der Waals surface area contributed by atoms with Crippen molar-refractivity contribution in [2.24, 2.45) is 0 Å². The Balaban J connectivity index is 1.76. The highest BCUT2D eigenvalue weighted by atomic mass is 35.5. The number of ether oxygens (including phenoxy) is 1. The summed E-state index contributed by atoms with van der Waals surface area (Å²) in [6, 6.07) is 9.24. The van der Waals surface area contributed by atoms with E-state index in [4.69, 9.17) is 27.9 Å². The average molecular weight is 372 g/mol. The van der Waals surface area contributed by atoms with E-state index in [0.717, 1.165) is 0 Å². The minimum absolute atomic E-state index is 0.0918. The van der Waals surface area contributed by atoms with Crippen molar-refractivity contribution in [1.82, 2.24) is 4.90 Å². The third kappa shape index (κ3) is 5.13. The Kier molecular flexibility index (Phi) is 6.75. The molecule has 0 radical (unpaired) electrons. The Morgan fingerprint density at radius 1 is 1.35 bits per heavy atom. The SMILES string of the molecule is CC(c1cccs1)N(C)C(=O)CCCOc1ccc(Cl)cc1Cl. The van der Waals surface area contributed by atoms with Crippen LogP contribution in [-0.4, -0.2) is 24.5 Å². The first kappa shape index (κ1) is 18.1. The fourth-order valence-electron chi connectivity index (χ4n) is 2.11. The van der Waals surface area contributed by atoms with Crippen LogP contribution in [0.25, 0.3) is 0 Å². The number of nitrogens with zero attached hydrogens (tertiary/aromatic N) is 1. The van der Waals surface area contributed by atoms with E-state index in [1.54, 1.807) is 34.4 Å². The molecular weight excluding hydrogens is 353 g/mol. The number of rotatable bonds is 7. The first-order valence-corrected chi connectivity index (χ1v) is 8.99. The van der Waals surface area contributed by atoms with Crippen LogP contribution in [0.3, 0.4) is 0 Å². The Labute approximate surface area is 150 Å². The zero-order valence-corrected chi connectivity index (χ0v) is 15.4. The minimum atomic E-state index is 0.0918. The number of thiophene rings is 1. The van der Waals surface area contributed by atoms with E-state index in [-0.39, 0.29) is 11.9 Å². The second-order valence-corrected chi connectivity index (χ2v) is 7.05. The Morgan fingerprint density at radius 2 is 2.13 bits per heavy atom. The van der Waals surface area contributed by atoms with Gasteiger partial charge in [-0.3, -0.25) is 4.79 Å². The molecule has 0 aliphatic carbocycles. The number of hydrogen-bond donors (Lipinski definition) is 0. The first-order chi connectivity index (χ1) is 11.0. The molecule has 1 aromatic heterocycles. The average Bonchev–Trinajstić information content (AvgIpc) is 3.06. The lowest BCUT2D eigenvalue weighted by Gasteiger charge is -2.24. The second kappa shape index (κ2) is 8.57. The third-order valence-electron chi connectivity index (χ3n) is 3.62. The minimum Gasteiger partial charge on any atom is -0.492 e. The van der Waals surface area contributed by atoms with Gasteiger partial charge in [-0.15, -0.1) is 11.3 Å². The molecule has 0 spiro atoms. The fraction of sp³-hybridized carbons (Fsp3) is 0.353. The molecule has 1 atom stereocenters. The Morgan fingerprint density at radius 3 is 2.78 bits per heavy atom. The summed E-state index contributed by atoms with van der Waals surface area (Å²) in [5, 5.41) is 3.07. The lowest BCUT2D eigenvalue weighted by atomic mass is 10.2. The number of benzene rings is 1. The van der Waals surface area contributed by atoms with E-state index in [9.17, 15) is 4.79 Å². The molecule has 0 N–H and O–H groups in total. The second-order valence-electron chi connectivity index (χ2n) is 5.22. The van der Waals surface area contributed by atoms with E-state index in [0.29, 0.717) is 35.2 Å². The lowest BCUT2D eigenvalue weighted by molar-refractivity contribution is -0.132. The molecule has 23 heavy (non-hydrogen) atoms. The van der Waals surface area contributed by atoms with Crippen LogP contribution in [0.5, 0.6) is 5.75 Å². The highest BCUT2D eigenvalue weighted by Crippen LogP contribution is 2.28. The predicted octanol–water partition coefficient (Wildman–Crippen LogP) is 5.43. The van der Waals surface area contributed by atoms with Crippen LogP contribution in [0.4, 0.5) is 0 Å². The van der Waals surface area contributed by atoms with Crippen molar-refractivity contribution in [3.8, 4) is 5.75 Å². The number of hydrogen-bond acceptors (Lipinski definition) is 3. The molecular formula is C17H19Cl2NO2S. The van der Waals surface area contributed by atoms with Gasteiger partial charge in [-0.25, -0.2) is 0 Å². The lowest BCUT2D eigenvalue weighted by Crippen LogP contribution is -2.29. The van der Waals surface area contributed by atoms with Gasteiger partial charge in [0.2, 0.25) is 5.91 Å². The standard InChI is InChI=1S/C17H19Cl2NO2S/c1-12(16-5-4-10-23-16)20(2)17(21)6-3-9-22-15-8-7-13(18)11-14(15)19/h4-5,7-8,10-12H,3,6,9H2,1-2H3. The maximum absolute atomic E-state index is 12.2. The maximum Gasteiger partial charge on any atom is 0.222 e. The molecule has 0 bridgehead atoms. The van der Waals surface area contributed by atoms with Gasteiger partial charge in [-0.05, 0) is 43.0 Å². The maximum atomic E-state index is 12.2. The monoisotopic (exact) mass is 371 g/mol. The van der Waals surface area contributed by atoms with Crippen molar-refractivity contribution < 1.29 is 9.53 Å². The van der Waals surface area contributed by atoms with Gasteiger partial charge in [0.1, 0.15) is 5.75 Å². The van der Waals surface area contributed by atoms with E-state index in [1.165, 1.54) is 4.88 Å². The molecule has 2 aromatic rings. The molecule has 0 aliphatic heterocycles. The quantitative estimate of drug-likeness (QED) is 0.606. The van der Waals surface area contributed by atoms with Gasteiger partial charge < -0.3 is 9.64 Å². The summed E-state index contributed by atoms with van der Waals surface area (Å²) in [5.74, 6) is 0.695. The van der Waals surface area contributed by atoms with Crippen LogP contribution in [0.15, 0.2) is 35.7 Å². The Bertz CT molecular complexity index is 646. The first-order valence-electron chi connectivity index (χ1n) is 7.36. The van der Waals surface area contributed by atoms with E-state index >= 15 is 0 Å². The van der Waals surface area contributed by atoms with Crippen LogP contribution in [0.1, 0.15) is 30.7 Å². The number of carbonyl (C=O) groups excluding carboxylic acids is 1. The molecule has 1 unspecified atom stereocenters. The molecule has 6 heteroatoms. The fourth-order valence-corrected chi connectivity index (χ4v) is 3.40. The van der Waals surface area contributed by atoms with Crippen LogP contribution < -0.4 is 4.74 Å². The Hall–Kier alpha value is -1.23. The third-order valence-corrected chi connectivity index (χ3v) is 5.19. The van der Waals surface area contributed by atoms with Crippen molar-refractivity contribution in [3.05, 3.63) is 50.6 Å². The topological polar surface area (TPSA) is 29.5 Å². The van der Waals surface area contributed by atoms with E-state index < -0.39 is 0 Å². The molecule has 0 aliphatic rings. The number of carbonyl (C=O) groups is 1. The normalized spacial score (nSPS) is 12.0. The van der Waals surface area contributed by atoms with Crippen molar-refractivity contribution in [2.75, 3.05) is 13.7 Å². The van der Waals surface area contributed by atoms with Crippen molar-refractivity contribution in [3.63, 3.8) is 0 Å². The van der Waals surface area contributed by atoms with Gasteiger partial charge in [0.15, 0.2) is 0 Å². The smallest absolute Gasteiger partial charge is 0.222 e. The molecule has 0 saturated carbocycles. The van der Waals surface area contributed by atoms with Gasteiger partial charge in [-0.2, -0.15) is 0 Å². The van der Waals surface area contributed by atoms with E-state index in [1.807, 2.05) is 31.5 Å². The molecule has 0 saturated heterocycles. The van der Waals surface area contributed by atoms with Crippen LogP contribution in [-0.2, 0) is 4.79 Å². The van der Waals surface area contributed by atoms with E-state index in [2.05, 4.69) is 0 Å². The van der Waals surface area contributed by atoms with Crippen molar-refractivity contribution >= 4 is 40.4 Å². The van der Waals surface area contributed by atoms with Gasteiger partial charge in [0.05, 0.1) is 17.7 Å². The van der Waals surface area contributed by atoms with Gasteiger partial charge >= 0.3 is 0 Å². The molecule has 0 fully saturated rings. The molecule has 1 amide bonds. The zero-order chi connectivity index (χ0) is 16.8. The van der Waals surface area contributed by atoms with Gasteiger partial charge in [0.25, 0.3) is 0 Å². The zero-order valence-electron chi connectivity index (χ0n) is 13.1. The number of amides is 1. The van der Waals surface area contributed by atoms with Crippen molar-refractivity contribution in [1.29, 1.82) is 0 Å². The predicted molar refractivity (Wildman–Crippen MR) is 96.7 cm³/mol. The summed E-state index contributed by atoms with van der Waals surface area (Å²) in [6.45, 7) is 2.47. The highest BCUT2D eigenvalue weighted by molar-refractivity contribution is 7.10. The molecule has 3 nitrogen and oxygen atoms in total. The summed E-state index contributed by atoms with van der Waals surface area (Å²) in [4.78, 5) is 15.2. The van der Waals surface area contributed by atoms with Crippen LogP contribution in [0, 0.1) is 0 Å².